The van der Waals surface area contributed by atoms with Crippen LogP contribution in [0.4, 0.5) is 0 Å². The summed E-state index contributed by atoms with van der Waals surface area (Å²) >= 11 is 0. The molecule has 16 heavy (non-hydrogen) atoms. The zero-order chi connectivity index (χ0) is 11.5. The molecule has 0 aliphatic carbocycles. The van der Waals surface area contributed by atoms with Crippen LogP contribution in [0, 0.1) is 13.8 Å². The second-order valence-electron chi connectivity index (χ2n) is 4.04. The zero-order valence-corrected chi connectivity index (χ0v) is 9.58. The Kier molecular flexibility index (Phi) is 3.24. The van der Waals surface area contributed by atoms with Crippen LogP contribution in [0.2, 0.25) is 0 Å². The summed E-state index contributed by atoms with van der Waals surface area (Å²) in [4.78, 5) is 11.8. The molecule has 1 aromatic rings. The van der Waals surface area contributed by atoms with Gasteiger partial charge in [0.1, 0.15) is 11.3 Å². The Bertz CT molecular complexity index is 361. The Labute approximate surface area is 94.1 Å². The van der Waals surface area contributed by atoms with Gasteiger partial charge in [-0.25, -0.2) is 0 Å². The smallest absolute Gasteiger partial charge is 0.256 e. The molecule has 2 rings (SSSR count). The normalized spacial score (nSPS) is 20.0. The van der Waals surface area contributed by atoms with Crippen LogP contribution in [-0.4, -0.2) is 30.3 Å². The Hall–Kier alpha value is -1.36. The highest BCUT2D eigenvalue weighted by atomic mass is 16.5. The number of ether oxygens (including phenoxy) is 1. The number of carbonyl (C=O) groups is 1. The predicted molar refractivity (Wildman–Crippen MR) is 57.3 cm³/mol. The second-order valence-corrected chi connectivity index (χ2v) is 4.04. The van der Waals surface area contributed by atoms with Gasteiger partial charge in [0.25, 0.3) is 5.91 Å². The fraction of sp³-hybridized carbons (Fsp3) is 0.636. The average Bonchev–Trinajstić information content (AvgIpc) is 2.86. The van der Waals surface area contributed by atoms with E-state index in [4.69, 9.17) is 9.26 Å². The first-order chi connectivity index (χ1) is 7.68. The average molecular weight is 224 g/mol. The van der Waals surface area contributed by atoms with Gasteiger partial charge in [0.2, 0.25) is 0 Å². The largest absolute Gasteiger partial charge is 0.376 e. The van der Waals surface area contributed by atoms with Gasteiger partial charge in [-0.2, -0.15) is 0 Å². The summed E-state index contributed by atoms with van der Waals surface area (Å²) in [5, 5.41) is 6.59. The van der Waals surface area contributed by atoms with Crippen LogP contribution in [0.15, 0.2) is 4.52 Å². The van der Waals surface area contributed by atoms with Gasteiger partial charge < -0.3 is 14.6 Å². The van der Waals surface area contributed by atoms with Crippen molar-refractivity contribution in [2.24, 2.45) is 0 Å². The minimum absolute atomic E-state index is 0.133. The summed E-state index contributed by atoms with van der Waals surface area (Å²) in [6.07, 6.45) is 2.25. The molecule has 1 amide bonds. The number of carbonyl (C=O) groups excluding carboxylic acids is 1. The van der Waals surface area contributed by atoms with E-state index in [0.717, 1.165) is 19.4 Å². The number of aromatic nitrogens is 1. The standard InChI is InChI=1S/C11H16N2O3/c1-7-10(8(2)16-13-7)11(14)12-6-9-4-3-5-15-9/h9H,3-6H2,1-2H3,(H,12,14)/t9-/m1/s1. The highest BCUT2D eigenvalue weighted by molar-refractivity contribution is 5.96. The van der Waals surface area contributed by atoms with Gasteiger partial charge in [-0.05, 0) is 26.7 Å². The van der Waals surface area contributed by atoms with Crippen LogP contribution in [-0.2, 0) is 4.74 Å². The predicted octanol–water partition coefficient (Wildman–Crippen LogP) is 1.20. The van der Waals surface area contributed by atoms with Crippen molar-refractivity contribution < 1.29 is 14.1 Å². The van der Waals surface area contributed by atoms with Crippen molar-refractivity contribution in [3.63, 3.8) is 0 Å². The molecule has 88 valence electrons. The minimum Gasteiger partial charge on any atom is -0.376 e. The van der Waals surface area contributed by atoms with Gasteiger partial charge in [-0.15, -0.1) is 0 Å². The van der Waals surface area contributed by atoms with E-state index in [1.165, 1.54) is 0 Å². The van der Waals surface area contributed by atoms with E-state index in [1.54, 1.807) is 13.8 Å². The molecule has 0 spiro atoms. The molecule has 1 N–H and O–H groups in total. The van der Waals surface area contributed by atoms with Gasteiger partial charge >= 0.3 is 0 Å². The first kappa shape index (κ1) is 11.1. The second kappa shape index (κ2) is 4.65. The molecule has 5 heteroatoms. The lowest BCUT2D eigenvalue weighted by molar-refractivity contribution is 0.0856. The molecule has 1 atom stereocenters. The highest BCUT2D eigenvalue weighted by Gasteiger charge is 2.20. The number of nitrogens with zero attached hydrogens (tertiary/aromatic N) is 1. The maximum absolute atomic E-state index is 11.8. The molecule has 0 unspecified atom stereocenters. The molecule has 0 radical (unpaired) electrons. The summed E-state index contributed by atoms with van der Waals surface area (Å²) < 4.78 is 10.4. The molecule has 2 heterocycles. The van der Waals surface area contributed by atoms with Crippen LogP contribution in [0.1, 0.15) is 34.7 Å². The minimum atomic E-state index is -0.133. The van der Waals surface area contributed by atoms with Crippen molar-refractivity contribution in [3.8, 4) is 0 Å². The van der Waals surface area contributed by atoms with Crippen molar-refractivity contribution in [2.45, 2.75) is 32.8 Å². The fourth-order valence-corrected chi connectivity index (χ4v) is 1.91. The van der Waals surface area contributed by atoms with Crippen molar-refractivity contribution >= 4 is 5.91 Å². The molecule has 1 aliphatic heterocycles. The Balaban J connectivity index is 1.92. The van der Waals surface area contributed by atoms with E-state index in [9.17, 15) is 4.79 Å². The SMILES string of the molecule is Cc1noc(C)c1C(=O)NC[C@H]1CCCO1. The van der Waals surface area contributed by atoms with Crippen molar-refractivity contribution in [1.29, 1.82) is 0 Å². The first-order valence-electron chi connectivity index (χ1n) is 5.51. The molecular weight excluding hydrogens is 208 g/mol. The number of nitrogens with one attached hydrogen (secondary N) is 1. The Morgan fingerprint density at radius 2 is 2.38 bits per heavy atom. The number of hydrogen-bond acceptors (Lipinski definition) is 4. The quantitative estimate of drug-likeness (QED) is 0.837. The molecular formula is C11H16N2O3. The van der Waals surface area contributed by atoms with E-state index in [0.29, 0.717) is 23.6 Å². The Morgan fingerprint density at radius 3 is 2.94 bits per heavy atom. The maximum Gasteiger partial charge on any atom is 0.256 e. The van der Waals surface area contributed by atoms with Crippen molar-refractivity contribution in [3.05, 3.63) is 17.0 Å². The van der Waals surface area contributed by atoms with E-state index in [2.05, 4.69) is 10.5 Å². The van der Waals surface area contributed by atoms with Crippen molar-refractivity contribution in [1.82, 2.24) is 10.5 Å². The van der Waals surface area contributed by atoms with Crippen LogP contribution in [0.25, 0.3) is 0 Å². The maximum atomic E-state index is 11.8. The first-order valence-corrected chi connectivity index (χ1v) is 5.51. The highest BCUT2D eigenvalue weighted by Crippen LogP contribution is 2.13. The summed E-state index contributed by atoms with van der Waals surface area (Å²) in [7, 11) is 0. The third-order valence-corrected chi connectivity index (χ3v) is 2.77. The van der Waals surface area contributed by atoms with Gasteiger partial charge in [0.05, 0.1) is 11.8 Å². The molecule has 1 aromatic heterocycles. The molecule has 0 bridgehead atoms. The number of aryl methyl sites for hydroxylation is 2. The van der Waals surface area contributed by atoms with Crippen LogP contribution in [0.3, 0.4) is 0 Å². The third kappa shape index (κ3) is 2.24. The van der Waals surface area contributed by atoms with Gasteiger partial charge in [0.15, 0.2) is 0 Å². The van der Waals surface area contributed by atoms with Crippen LogP contribution in [0.5, 0.6) is 0 Å². The summed E-state index contributed by atoms with van der Waals surface area (Å²) in [6, 6.07) is 0. The van der Waals surface area contributed by atoms with E-state index in [-0.39, 0.29) is 12.0 Å². The lowest BCUT2D eigenvalue weighted by Crippen LogP contribution is -2.32. The van der Waals surface area contributed by atoms with E-state index in [1.807, 2.05) is 0 Å². The molecule has 1 saturated heterocycles. The number of rotatable bonds is 3. The summed E-state index contributed by atoms with van der Waals surface area (Å²) in [5.74, 6) is 0.425. The van der Waals surface area contributed by atoms with E-state index < -0.39 is 0 Å². The lowest BCUT2D eigenvalue weighted by Gasteiger charge is -2.10. The topological polar surface area (TPSA) is 64.4 Å². The van der Waals surface area contributed by atoms with Gasteiger partial charge in [0, 0.05) is 13.2 Å². The monoisotopic (exact) mass is 224 g/mol. The van der Waals surface area contributed by atoms with E-state index >= 15 is 0 Å². The van der Waals surface area contributed by atoms with Gasteiger partial charge in [-0.1, -0.05) is 5.16 Å². The third-order valence-electron chi connectivity index (χ3n) is 2.77. The summed E-state index contributed by atoms with van der Waals surface area (Å²) in [6.45, 7) is 4.85. The number of hydrogen-bond donors (Lipinski definition) is 1. The van der Waals surface area contributed by atoms with Gasteiger partial charge in [-0.3, -0.25) is 4.79 Å². The molecule has 0 saturated carbocycles. The fourth-order valence-electron chi connectivity index (χ4n) is 1.91. The van der Waals surface area contributed by atoms with Crippen LogP contribution >= 0.6 is 0 Å². The molecule has 0 aromatic carbocycles. The van der Waals surface area contributed by atoms with Crippen LogP contribution < -0.4 is 5.32 Å². The zero-order valence-electron chi connectivity index (χ0n) is 9.58. The lowest BCUT2D eigenvalue weighted by atomic mass is 10.2. The molecule has 5 nitrogen and oxygen atoms in total. The molecule has 1 fully saturated rings. The Morgan fingerprint density at radius 1 is 1.56 bits per heavy atom. The molecule has 1 aliphatic rings. The number of amides is 1. The van der Waals surface area contributed by atoms with Crippen molar-refractivity contribution in [2.75, 3.05) is 13.2 Å². The summed E-state index contributed by atoms with van der Waals surface area (Å²) in [5.41, 5.74) is 1.17.